The van der Waals surface area contributed by atoms with Crippen molar-refractivity contribution >= 4 is 35.8 Å². The zero-order valence-corrected chi connectivity index (χ0v) is 21.0. The van der Waals surface area contributed by atoms with Gasteiger partial charge in [-0.25, -0.2) is 9.59 Å². The summed E-state index contributed by atoms with van der Waals surface area (Å²) in [6.45, 7) is 0. The highest BCUT2D eigenvalue weighted by Crippen LogP contribution is 2.57. The van der Waals surface area contributed by atoms with Crippen LogP contribution in [0.4, 0.5) is 9.59 Å². The number of benzene rings is 1. The van der Waals surface area contributed by atoms with E-state index in [9.17, 15) is 33.9 Å². The summed E-state index contributed by atoms with van der Waals surface area (Å²) in [7, 11) is 2.14. The van der Waals surface area contributed by atoms with Gasteiger partial charge in [0, 0.05) is 17.9 Å². The monoisotopic (exact) mass is 536 g/mol. The van der Waals surface area contributed by atoms with Gasteiger partial charge in [0.25, 0.3) is 0 Å². The van der Waals surface area contributed by atoms with Gasteiger partial charge in [0.1, 0.15) is 11.5 Å². The van der Waals surface area contributed by atoms with Crippen molar-refractivity contribution in [2.75, 3.05) is 14.2 Å². The molecule has 0 bridgehead atoms. The maximum atomic E-state index is 13.6. The summed E-state index contributed by atoms with van der Waals surface area (Å²) in [5.74, 6) is -7.34. The van der Waals surface area contributed by atoms with E-state index in [0.29, 0.717) is 32.3 Å². The Morgan fingerprint density at radius 2 is 1.54 bits per heavy atom. The summed E-state index contributed by atoms with van der Waals surface area (Å²) in [6, 6.07) is 4.64. The Balaban J connectivity index is 1.45. The van der Waals surface area contributed by atoms with Crippen LogP contribution in [0.25, 0.3) is 0 Å². The number of fused-ring (bicyclic) bond motifs is 5. The van der Waals surface area contributed by atoms with E-state index >= 15 is 0 Å². The Labute approximate surface area is 221 Å². The number of nitrogens with zero attached hydrogens (tertiary/aromatic N) is 2. The molecule has 6 rings (SSSR count). The molecule has 0 aromatic heterocycles. The maximum Gasteiger partial charge on any atom is 0.423 e. The van der Waals surface area contributed by atoms with Crippen molar-refractivity contribution in [2.24, 2.45) is 35.5 Å². The molecule has 12 heteroatoms. The first-order valence-electron chi connectivity index (χ1n) is 12.5. The highest BCUT2D eigenvalue weighted by Gasteiger charge is 2.64. The summed E-state index contributed by atoms with van der Waals surface area (Å²) >= 11 is 0. The number of methoxy groups -OCH3 is 2. The zero-order chi connectivity index (χ0) is 27.7. The molecule has 39 heavy (non-hydrogen) atoms. The molecule has 2 saturated heterocycles. The molecule has 3 aliphatic heterocycles. The molecule has 6 amide bonds. The van der Waals surface area contributed by atoms with E-state index in [0.717, 1.165) is 14.2 Å². The van der Waals surface area contributed by atoms with E-state index in [1.807, 2.05) is 0 Å². The third-order valence-corrected chi connectivity index (χ3v) is 8.54. The first kappa shape index (κ1) is 24.8. The van der Waals surface area contributed by atoms with Gasteiger partial charge >= 0.3 is 12.2 Å². The van der Waals surface area contributed by atoms with Crippen LogP contribution in [-0.2, 0) is 35.1 Å². The smallest absolute Gasteiger partial charge is 0.423 e. The van der Waals surface area contributed by atoms with Gasteiger partial charge in [-0.3, -0.25) is 19.2 Å². The molecule has 3 fully saturated rings. The van der Waals surface area contributed by atoms with E-state index in [2.05, 4.69) is 4.74 Å². The number of aromatic hydroxyl groups is 1. The number of amides is 6. The van der Waals surface area contributed by atoms with Crippen LogP contribution in [0.1, 0.15) is 18.4 Å². The fourth-order valence-corrected chi connectivity index (χ4v) is 6.95. The number of phenols is 1. The summed E-state index contributed by atoms with van der Waals surface area (Å²) in [6.07, 6.45) is 1.59. The Bertz CT molecular complexity index is 1430. The molecule has 6 unspecified atom stereocenters. The number of hydrogen-bond donors (Lipinski definition) is 1. The molecule has 1 aromatic carbocycles. The van der Waals surface area contributed by atoms with Gasteiger partial charge in [-0.05, 0) is 42.5 Å². The number of carbonyl (C=O) groups is 6. The van der Waals surface area contributed by atoms with E-state index in [-0.39, 0.29) is 25.0 Å². The van der Waals surface area contributed by atoms with Crippen LogP contribution < -0.4 is 4.74 Å². The first-order valence-corrected chi connectivity index (χ1v) is 12.5. The average molecular weight is 536 g/mol. The number of carbonyl (C=O) groups excluding carboxylic acids is 6. The number of rotatable bonds is 1. The van der Waals surface area contributed by atoms with Crippen LogP contribution in [0.3, 0.4) is 0 Å². The third-order valence-electron chi connectivity index (χ3n) is 8.54. The normalized spacial score (nSPS) is 30.9. The lowest BCUT2D eigenvalue weighted by Crippen LogP contribution is -2.45. The predicted octanol–water partition coefficient (Wildman–Crippen LogP) is 1.91. The van der Waals surface area contributed by atoms with Crippen LogP contribution in [0, 0.1) is 35.5 Å². The highest BCUT2D eigenvalue weighted by atomic mass is 16.5. The van der Waals surface area contributed by atoms with Crippen LogP contribution in [0.5, 0.6) is 11.5 Å². The molecule has 5 aliphatic rings. The molecule has 3 heterocycles. The molecule has 1 N–H and O–H groups in total. The minimum atomic E-state index is -1.10. The first-order chi connectivity index (χ1) is 18.7. The maximum absolute atomic E-state index is 13.6. The topological polar surface area (TPSA) is 157 Å². The van der Waals surface area contributed by atoms with Crippen molar-refractivity contribution in [3.05, 3.63) is 47.2 Å². The van der Waals surface area contributed by atoms with Gasteiger partial charge < -0.3 is 19.3 Å². The Kier molecular flexibility index (Phi) is 5.59. The fourth-order valence-electron chi connectivity index (χ4n) is 6.95. The van der Waals surface area contributed by atoms with Crippen molar-refractivity contribution in [3.8, 4) is 11.5 Å². The van der Waals surface area contributed by atoms with Crippen molar-refractivity contribution in [1.29, 1.82) is 0 Å². The van der Waals surface area contributed by atoms with Crippen LogP contribution >= 0.6 is 0 Å². The molecule has 6 atom stereocenters. The van der Waals surface area contributed by atoms with E-state index in [1.165, 1.54) is 12.3 Å². The predicted molar refractivity (Wildman–Crippen MR) is 127 cm³/mol. The summed E-state index contributed by atoms with van der Waals surface area (Å²) < 4.78 is 15.2. The summed E-state index contributed by atoms with van der Waals surface area (Å²) in [5.41, 5.74) is 1.95. The molecule has 1 aromatic rings. The molecule has 12 nitrogen and oxygen atoms in total. The van der Waals surface area contributed by atoms with E-state index in [1.54, 1.807) is 18.2 Å². The molecular weight excluding hydrogens is 512 g/mol. The lowest BCUT2D eigenvalue weighted by Gasteiger charge is -2.44. The molecule has 1 saturated carbocycles. The third kappa shape index (κ3) is 3.43. The molecule has 202 valence electrons. The molecule has 0 spiro atoms. The van der Waals surface area contributed by atoms with Gasteiger partial charge in [-0.2, -0.15) is 9.80 Å². The molecule has 2 aliphatic carbocycles. The number of hydrogen-bond acceptors (Lipinski definition) is 10. The Hall–Kier alpha value is -4.48. The van der Waals surface area contributed by atoms with Gasteiger partial charge in [0.05, 0.1) is 44.2 Å². The summed E-state index contributed by atoms with van der Waals surface area (Å²) in [5, 5.41) is 10.0. The van der Waals surface area contributed by atoms with Gasteiger partial charge in [0.15, 0.2) is 0 Å². The number of allylic oxidation sites excluding steroid dienone is 3. The van der Waals surface area contributed by atoms with Crippen LogP contribution in [0.15, 0.2) is 41.7 Å². The fraction of sp³-hybridized carbons (Fsp3) is 0.407. The van der Waals surface area contributed by atoms with Gasteiger partial charge in [-0.1, -0.05) is 11.6 Å². The second-order valence-electron chi connectivity index (χ2n) is 10.3. The van der Waals surface area contributed by atoms with Gasteiger partial charge in [0.2, 0.25) is 23.6 Å². The van der Waals surface area contributed by atoms with Crippen molar-refractivity contribution in [2.45, 2.75) is 19.3 Å². The minimum Gasteiger partial charge on any atom is -0.508 e. The Morgan fingerprint density at radius 3 is 2.21 bits per heavy atom. The second kappa shape index (κ2) is 8.79. The lowest BCUT2D eigenvalue weighted by molar-refractivity contribution is -0.139. The zero-order valence-electron chi connectivity index (χ0n) is 21.0. The SMILES string of the molecule is COC(=O)N1C(=O)C2CC=C3C(CC4C(=O)N(C(=O)OC)C(=O)C4C3C3=COc4ccc(O)cc4C3)C2C1=O. The largest absolute Gasteiger partial charge is 0.508 e. The van der Waals surface area contributed by atoms with Crippen LogP contribution in [0.2, 0.25) is 0 Å². The number of imide groups is 6. The standard InChI is InChI=1S/C27H24N2O10/c1-37-26(35)28-22(31)15-5-4-14-16(20(15)24(28)33)9-17-21(25(34)29(23(17)32)27(36)38-2)19(14)12-7-11-8-13(30)3-6-18(11)39-10-12/h3-4,6,8,10,15-17,19-21,30H,5,7,9H2,1-2H3. The average Bonchev–Trinajstić information content (AvgIpc) is 3.34. The van der Waals surface area contributed by atoms with Crippen molar-refractivity contribution in [3.63, 3.8) is 0 Å². The number of ether oxygens (including phenoxy) is 3. The highest BCUT2D eigenvalue weighted by molar-refractivity contribution is 6.17. The molecule has 0 radical (unpaired) electrons. The van der Waals surface area contributed by atoms with Crippen molar-refractivity contribution < 1.29 is 48.1 Å². The van der Waals surface area contributed by atoms with Gasteiger partial charge in [-0.15, -0.1) is 0 Å². The number of phenolic OH excluding ortho intramolecular Hbond substituents is 1. The lowest BCUT2D eigenvalue weighted by atomic mass is 9.56. The van der Waals surface area contributed by atoms with Crippen molar-refractivity contribution in [1.82, 2.24) is 9.80 Å². The molecular formula is C27H24N2O10. The van der Waals surface area contributed by atoms with E-state index < -0.39 is 71.3 Å². The van der Waals surface area contributed by atoms with Crippen LogP contribution in [-0.4, -0.2) is 64.9 Å². The van der Waals surface area contributed by atoms with E-state index in [4.69, 9.17) is 9.47 Å². The quantitative estimate of drug-likeness (QED) is 0.415. The summed E-state index contributed by atoms with van der Waals surface area (Å²) in [4.78, 5) is 79.2. The Morgan fingerprint density at radius 1 is 0.897 bits per heavy atom. The minimum absolute atomic E-state index is 0.0275. The number of likely N-dealkylation sites (tertiary alicyclic amines) is 2. The second-order valence-corrected chi connectivity index (χ2v) is 10.3.